The number of hydrogen-bond donors (Lipinski definition) is 2. The fourth-order valence-corrected chi connectivity index (χ4v) is 4.09. The van der Waals surface area contributed by atoms with Gasteiger partial charge in [-0.3, -0.25) is 15.6 Å². The maximum Gasteiger partial charge on any atom is 0.257 e. The molecule has 2 aliphatic rings. The van der Waals surface area contributed by atoms with E-state index in [0.717, 1.165) is 24.3 Å². The number of aryl methyl sites for hydroxylation is 1. The van der Waals surface area contributed by atoms with Crippen LogP contribution in [0.3, 0.4) is 0 Å². The Labute approximate surface area is 165 Å². The Morgan fingerprint density at radius 3 is 2.79 bits per heavy atom. The molecule has 2 aromatic rings. The normalized spacial score (nSPS) is 23.9. The van der Waals surface area contributed by atoms with Gasteiger partial charge in [0.25, 0.3) is 5.91 Å². The summed E-state index contributed by atoms with van der Waals surface area (Å²) < 4.78 is 11.4. The molecule has 0 bridgehead atoms. The van der Waals surface area contributed by atoms with E-state index >= 15 is 0 Å². The van der Waals surface area contributed by atoms with Crippen molar-refractivity contribution in [2.45, 2.75) is 25.4 Å². The second-order valence-electron chi connectivity index (χ2n) is 7.53. The molecule has 148 valence electrons. The van der Waals surface area contributed by atoms with Crippen LogP contribution in [0.1, 0.15) is 22.3 Å². The van der Waals surface area contributed by atoms with E-state index in [2.05, 4.69) is 10.9 Å². The fraction of sp³-hybridized carbons (Fsp3) is 0.409. The Kier molecular flexibility index (Phi) is 5.50. The van der Waals surface area contributed by atoms with E-state index in [4.69, 9.17) is 9.47 Å². The number of ether oxygens (including phenoxy) is 2. The first-order valence-corrected chi connectivity index (χ1v) is 9.78. The van der Waals surface area contributed by atoms with Crippen molar-refractivity contribution in [1.82, 2.24) is 15.8 Å². The van der Waals surface area contributed by atoms with Gasteiger partial charge in [-0.15, -0.1) is 0 Å². The molecule has 2 fully saturated rings. The number of hydrazine groups is 1. The van der Waals surface area contributed by atoms with Crippen molar-refractivity contribution in [2.24, 2.45) is 5.92 Å². The quantitative estimate of drug-likeness (QED) is 0.833. The maximum atomic E-state index is 13.1. The molecule has 4 rings (SSSR count). The molecule has 2 heterocycles. The second kappa shape index (κ2) is 8.20. The lowest BCUT2D eigenvalue weighted by molar-refractivity contribution is 0.0637. The van der Waals surface area contributed by atoms with E-state index in [9.17, 15) is 4.79 Å². The van der Waals surface area contributed by atoms with Gasteiger partial charge in [-0.05, 0) is 43.2 Å². The lowest BCUT2D eigenvalue weighted by Gasteiger charge is -2.36. The number of benzene rings is 2. The predicted molar refractivity (Wildman–Crippen MR) is 108 cm³/mol. The molecule has 2 N–H and O–H groups in total. The number of fused-ring (bicyclic) bond motifs is 1. The van der Waals surface area contributed by atoms with Crippen LogP contribution in [0.15, 0.2) is 48.5 Å². The number of amides is 1. The van der Waals surface area contributed by atoms with Crippen LogP contribution in [-0.2, 0) is 0 Å². The summed E-state index contributed by atoms with van der Waals surface area (Å²) in [7, 11) is 1.61. The van der Waals surface area contributed by atoms with Gasteiger partial charge in [0.1, 0.15) is 18.1 Å². The van der Waals surface area contributed by atoms with Crippen molar-refractivity contribution in [3.8, 4) is 11.5 Å². The molecule has 28 heavy (non-hydrogen) atoms. The molecule has 1 amide bonds. The minimum absolute atomic E-state index is 0.0323. The standard InChI is InChI=1S/C22H27N3O3/c1-15-8-9-17(21(12-15)27-2)22(26)25-11-10-19-18(13-25)20(24-23-19)14-28-16-6-4-3-5-7-16/h3-9,12,18-20,23-24H,10-11,13-14H2,1-2H3. The maximum absolute atomic E-state index is 13.1. The summed E-state index contributed by atoms with van der Waals surface area (Å²) in [6.45, 7) is 3.99. The van der Waals surface area contributed by atoms with Crippen LogP contribution in [0.5, 0.6) is 11.5 Å². The molecule has 6 heteroatoms. The first kappa shape index (κ1) is 18.8. The molecule has 0 radical (unpaired) electrons. The zero-order chi connectivity index (χ0) is 19.5. The van der Waals surface area contributed by atoms with Gasteiger partial charge in [0.2, 0.25) is 0 Å². The van der Waals surface area contributed by atoms with Gasteiger partial charge < -0.3 is 14.4 Å². The lowest BCUT2D eigenvalue weighted by atomic mass is 9.88. The average molecular weight is 381 g/mol. The average Bonchev–Trinajstić information content (AvgIpc) is 3.14. The number of carbonyl (C=O) groups excluding carboxylic acids is 1. The molecule has 0 saturated carbocycles. The predicted octanol–water partition coefficient (Wildman–Crippen LogP) is 2.39. The third-order valence-corrected chi connectivity index (χ3v) is 5.68. The van der Waals surface area contributed by atoms with Crippen LogP contribution in [0.4, 0.5) is 0 Å². The molecule has 3 unspecified atom stereocenters. The van der Waals surface area contributed by atoms with Crippen LogP contribution in [-0.4, -0.2) is 49.7 Å². The number of carbonyl (C=O) groups is 1. The fourth-order valence-electron chi connectivity index (χ4n) is 4.09. The number of nitrogens with one attached hydrogen (secondary N) is 2. The molecule has 0 aromatic heterocycles. The highest BCUT2D eigenvalue weighted by Gasteiger charge is 2.41. The summed E-state index contributed by atoms with van der Waals surface area (Å²) in [5.74, 6) is 1.84. The van der Waals surface area contributed by atoms with Crippen LogP contribution in [0.2, 0.25) is 0 Å². The molecule has 2 saturated heterocycles. The first-order valence-electron chi connectivity index (χ1n) is 9.78. The molecular weight excluding hydrogens is 354 g/mol. The molecule has 3 atom stereocenters. The molecule has 2 aliphatic heterocycles. The molecular formula is C22H27N3O3. The van der Waals surface area contributed by atoms with Gasteiger partial charge in [0, 0.05) is 25.0 Å². The summed E-state index contributed by atoms with van der Waals surface area (Å²) >= 11 is 0. The van der Waals surface area contributed by atoms with Gasteiger partial charge in [-0.2, -0.15) is 0 Å². The summed E-state index contributed by atoms with van der Waals surface area (Å²) in [6.07, 6.45) is 0.916. The number of hydrogen-bond acceptors (Lipinski definition) is 5. The van der Waals surface area contributed by atoms with Crippen LogP contribution < -0.4 is 20.3 Å². The number of nitrogens with zero attached hydrogens (tertiary/aromatic N) is 1. The highest BCUT2D eigenvalue weighted by molar-refractivity contribution is 5.97. The second-order valence-corrected chi connectivity index (χ2v) is 7.53. The van der Waals surface area contributed by atoms with E-state index < -0.39 is 0 Å². The third kappa shape index (κ3) is 3.84. The minimum atomic E-state index is 0.0323. The Morgan fingerprint density at radius 2 is 2.00 bits per heavy atom. The van der Waals surface area contributed by atoms with E-state index in [0.29, 0.717) is 36.4 Å². The van der Waals surface area contributed by atoms with Gasteiger partial charge >= 0.3 is 0 Å². The van der Waals surface area contributed by atoms with Gasteiger partial charge in [-0.1, -0.05) is 24.3 Å². The largest absolute Gasteiger partial charge is 0.496 e. The number of rotatable bonds is 5. The summed E-state index contributed by atoms with van der Waals surface area (Å²) in [5, 5.41) is 0. The van der Waals surface area contributed by atoms with Crippen molar-refractivity contribution in [2.75, 3.05) is 26.8 Å². The van der Waals surface area contributed by atoms with Gasteiger partial charge in [-0.25, -0.2) is 0 Å². The SMILES string of the molecule is COc1cc(C)ccc1C(=O)N1CCC2NNC(COc3ccccc3)C2C1. The van der Waals surface area contributed by atoms with Gasteiger partial charge in [0.15, 0.2) is 0 Å². The van der Waals surface area contributed by atoms with Crippen molar-refractivity contribution in [3.63, 3.8) is 0 Å². The Hall–Kier alpha value is -2.57. The van der Waals surface area contributed by atoms with Crippen molar-refractivity contribution >= 4 is 5.91 Å². The van der Waals surface area contributed by atoms with Crippen molar-refractivity contribution in [1.29, 1.82) is 0 Å². The summed E-state index contributed by atoms with van der Waals surface area (Å²) in [4.78, 5) is 15.1. The van der Waals surface area contributed by atoms with Crippen LogP contribution in [0, 0.1) is 12.8 Å². The number of piperidine rings is 1. The topological polar surface area (TPSA) is 62.8 Å². The summed E-state index contributed by atoms with van der Waals surface area (Å²) in [5.41, 5.74) is 8.45. The lowest BCUT2D eigenvalue weighted by Crippen LogP contribution is -2.49. The highest BCUT2D eigenvalue weighted by atomic mass is 16.5. The Balaban J connectivity index is 1.43. The van der Waals surface area contributed by atoms with Crippen LogP contribution in [0.25, 0.3) is 0 Å². The van der Waals surface area contributed by atoms with E-state index in [-0.39, 0.29) is 11.9 Å². The van der Waals surface area contributed by atoms with Crippen molar-refractivity contribution in [3.05, 3.63) is 59.7 Å². The zero-order valence-corrected chi connectivity index (χ0v) is 16.4. The van der Waals surface area contributed by atoms with Gasteiger partial charge in [0.05, 0.1) is 18.7 Å². The smallest absolute Gasteiger partial charge is 0.257 e. The molecule has 6 nitrogen and oxygen atoms in total. The van der Waals surface area contributed by atoms with Crippen LogP contribution >= 0.6 is 0 Å². The third-order valence-electron chi connectivity index (χ3n) is 5.68. The number of methoxy groups -OCH3 is 1. The monoisotopic (exact) mass is 381 g/mol. The van der Waals surface area contributed by atoms with E-state index in [1.165, 1.54) is 0 Å². The summed E-state index contributed by atoms with van der Waals surface area (Å²) in [6, 6.07) is 16.1. The number of para-hydroxylation sites is 1. The first-order chi connectivity index (χ1) is 13.7. The Bertz CT molecular complexity index is 827. The van der Waals surface area contributed by atoms with E-state index in [1.54, 1.807) is 7.11 Å². The Morgan fingerprint density at radius 1 is 1.18 bits per heavy atom. The molecule has 0 aliphatic carbocycles. The molecule has 0 spiro atoms. The minimum Gasteiger partial charge on any atom is -0.496 e. The van der Waals surface area contributed by atoms with E-state index in [1.807, 2.05) is 60.4 Å². The highest BCUT2D eigenvalue weighted by Crippen LogP contribution is 2.28. The molecule has 2 aromatic carbocycles. The van der Waals surface area contributed by atoms with Crippen molar-refractivity contribution < 1.29 is 14.3 Å². The zero-order valence-electron chi connectivity index (χ0n) is 16.4. The number of likely N-dealkylation sites (tertiary alicyclic amines) is 1.